The average Bonchev–Trinajstić information content (AvgIpc) is 3.12. The summed E-state index contributed by atoms with van der Waals surface area (Å²) >= 11 is 0. The maximum absolute atomic E-state index is 5.69. The maximum Gasteiger partial charge on any atom is 0.191 e. The van der Waals surface area contributed by atoms with E-state index in [1.165, 1.54) is 27.6 Å². The molecule has 0 aliphatic rings. The Kier molecular flexibility index (Phi) is 7.09. The quantitative estimate of drug-likeness (QED) is 0.410. The Morgan fingerprint density at radius 2 is 1.89 bits per heavy atom. The fourth-order valence-electron chi connectivity index (χ4n) is 3.15. The van der Waals surface area contributed by atoms with Crippen LogP contribution in [-0.2, 0) is 24.3 Å². The van der Waals surface area contributed by atoms with Gasteiger partial charge in [-0.15, -0.1) is 0 Å². The molecule has 1 heterocycles. The van der Waals surface area contributed by atoms with Crippen molar-refractivity contribution >= 4 is 16.9 Å². The van der Waals surface area contributed by atoms with E-state index >= 15 is 0 Å². The molecule has 0 aliphatic carbocycles. The number of ether oxygens (including phenoxy) is 1. The molecule has 3 aromatic rings. The first-order valence-electron chi connectivity index (χ1n) is 9.84. The molecule has 0 atom stereocenters. The minimum absolute atomic E-state index is 0.238. The number of H-pyrrole nitrogens is 1. The number of para-hydroxylation sites is 1. The zero-order valence-corrected chi connectivity index (χ0v) is 17.0. The third kappa shape index (κ3) is 5.60. The van der Waals surface area contributed by atoms with Crippen LogP contribution in [0.4, 0.5) is 0 Å². The zero-order chi connectivity index (χ0) is 19.8. The van der Waals surface area contributed by atoms with Crippen molar-refractivity contribution in [3.63, 3.8) is 0 Å². The maximum atomic E-state index is 5.69. The van der Waals surface area contributed by atoms with Crippen LogP contribution in [0.1, 0.15) is 30.5 Å². The van der Waals surface area contributed by atoms with E-state index in [4.69, 9.17) is 4.74 Å². The Bertz CT molecular complexity index is 914. The number of fused-ring (bicyclic) bond motifs is 1. The first-order valence-corrected chi connectivity index (χ1v) is 9.84. The molecule has 3 N–H and O–H groups in total. The van der Waals surface area contributed by atoms with Crippen molar-refractivity contribution in [1.29, 1.82) is 0 Å². The Morgan fingerprint density at radius 1 is 1.07 bits per heavy atom. The lowest BCUT2D eigenvalue weighted by Crippen LogP contribution is -2.37. The van der Waals surface area contributed by atoms with Crippen molar-refractivity contribution in [2.24, 2.45) is 4.99 Å². The highest BCUT2D eigenvalue weighted by Crippen LogP contribution is 2.17. The van der Waals surface area contributed by atoms with Crippen LogP contribution in [0, 0.1) is 0 Å². The lowest BCUT2D eigenvalue weighted by Gasteiger charge is -2.13. The SMILES string of the molecule is CN=C(NCCc1c[nH]c2ccccc12)NCc1cccc(COC(C)C)c1. The summed E-state index contributed by atoms with van der Waals surface area (Å²) in [6, 6.07) is 16.9. The number of nitrogens with one attached hydrogen (secondary N) is 3. The van der Waals surface area contributed by atoms with Crippen molar-refractivity contribution in [2.45, 2.75) is 39.5 Å². The summed E-state index contributed by atoms with van der Waals surface area (Å²) in [5, 5.41) is 8.07. The standard InChI is InChI=1S/C23H30N4O/c1-17(2)28-16-19-8-6-7-18(13-19)14-27-23(24-3)25-12-11-20-15-26-22-10-5-4-9-21(20)22/h4-10,13,15,17,26H,11-12,14,16H2,1-3H3,(H2,24,25,27). The number of benzene rings is 2. The summed E-state index contributed by atoms with van der Waals surface area (Å²) in [6.07, 6.45) is 3.27. The molecular formula is C23H30N4O. The van der Waals surface area contributed by atoms with Crippen molar-refractivity contribution in [3.05, 3.63) is 71.4 Å². The van der Waals surface area contributed by atoms with Gasteiger partial charge in [-0.3, -0.25) is 4.99 Å². The summed E-state index contributed by atoms with van der Waals surface area (Å²) in [7, 11) is 1.80. The molecule has 0 amide bonds. The van der Waals surface area contributed by atoms with Crippen LogP contribution < -0.4 is 10.6 Å². The fourth-order valence-corrected chi connectivity index (χ4v) is 3.15. The van der Waals surface area contributed by atoms with Crippen LogP contribution >= 0.6 is 0 Å². The minimum atomic E-state index is 0.238. The van der Waals surface area contributed by atoms with Gasteiger partial charge >= 0.3 is 0 Å². The van der Waals surface area contributed by atoms with Gasteiger partial charge in [0.15, 0.2) is 5.96 Å². The van der Waals surface area contributed by atoms with Gasteiger partial charge in [0.25, 0.3) is 0 Å². The molecule has 1 aromatic heterocycles. The van der Waals surface area contributed by atoms with Crippen LogP contribution in [0.2, 0.25) is 0 Å². The molecule has 3 rings (SSSR count). The minimum Gasteiger partial charge on any atom is -0.374 e. The number of rotatable bonds is 8. The molecule has 0 spiro atoms. The number of guanidine groups is 1. The smallest absolute Gasteiger partial charge is 0.191 e. The molecular weight excluding hydrogens is 348 g/mol. The van der Waals surface area contributed by atoms with Gasteiger partial charge < -0.3 is 20.4 Å². The van der Waals surface area contributed by atoms with E-state index in [1.807, 2.05) is 0 Å². The molecule has 0 saturated heterocycles. The molecule has 148 valence electrons. The second-order valence-electron chi connectivity index (χ2n) is 7.14. The largest absolute Gasteiger partial charge is 0.374 e. The normalized spacial score (nSPS) is 11.9. The summed E-state index contributed by atoms with van der Waals surface area (Å²) in [5.74, 6) is 0.809. The molecule has 0 radical (unpaired) electrons. The van der Waals surface area contributed by atoms with Crippen LogP contribution in [-0.4, -0.2) is 30.6 Å². The number of aliphatic imine (C=N–C) groups is 1. The van der Waals surface area contributed by atoms with Crippen LogP contribution in [0.15, 0.2) is 59.7 Å². The van der Waals surface area contributed by atoms with Crippen molar-refractivity contribution in [2.75, 3.05) is 13.6 Å². The molecule has 0 saturated carbocycles. The highest BCUT2D eigenvalue weighted by molar-refractivity contribution is 5.83. The van der Waals surface area contributed by atoms with Crippen molar-refractivity contribution in [3.8, 4) is 0 Å². The Morgan fingerprint density at radius 3 is 2.71 bits per heavy atom. The second-order valence-corrected chi connectivity index (χ2v) is 7.14. The molecule has 5 nitrogen and oxygen atoms in total. The molecule has 28 heavy (non-hydrogen) atoms. The highest BCUT2D eigenvalue weighted by Gasteiger charge is 2.04. The van der Waals surface area contributed by atoms with Gasteiger partial charge in [0, 0.05) is 37.2 Å². The third-order valence-corrected chi connectivity index (χ3v) is 4.62. The number of hydrogen-bond acceptors (Lipinski definition) is 2. The van der Waals surface area contributed by atoms with Gasteiger partial charge in [0.2, 0.25) is 0 Å². The summed E-state index contributed by atoms with van der Waals surface area (Å²) < 4.78 is 5.69. The van der Waals surface area contributed by atoms with Gasteiger partial charge in [0.05, 0.1) is 12.7 Å². The van der Waals surface area contributed by atoms with Crippen LogP contribution in [0.3, 0.4) is 0 Å². The summed E-state index contributed by atoms with van der Waals surface area (Å²) in [4.78, 5) is 7.65. The van der Waals surface area contributed by atoms with Gasteiger partial charge in [-0.1, -0.05) is 42.5 Å². The molecule has 0 aliphatic heterocycles. The third-order valence-electron chi connectivity index (χ3n) is 4.62. The van der Waals surface area contributed by atoms with Gasteiger partial charge in [0.1, 0.15) is 0 Å². The Hall–Kier alpha value is -2.79. The van der Waals surface area contributed by atoms with E-state index < -0.39 is 0 Å². The number of nitrogens with zero attached hydrogens (tertiary/aromatic N) is 1. The predicted molar refractivity (Wildman–Crippen MR) is 117 cm³/mol. The zero-order valence-electron chi connectivity index (χ0n) is 17.0. The van der Waals surface area contributed by atoms with Gasteiger partial charge in [-0.05, 0) is 43.0 Å². The van der Waals surface area contributed by atoms with Crippen molar-refractivity contribution in [1.82, 2.24) is 15.6 Å². The first-order chi connectivity index (χ1) is 13.7. The van der Waals surface area contributed by atoms with E-state index in [2.05, 4.69) is 89.2 Å². The number of aromatic nitrogens is 1. The summed E-state index contributed by atoms with van der Waals surface area (Å²) in [6.45, 7) is 6.30. The van der Waals surface area contributed by atoms with E-state index in [0.29, 0.717) is 6.61 Å². The molecule has 0 unspecified atom stereocenters. The lowest BCUT2D eigenvalue weighted by molar-refractivity contribution is 0.0657. The van der Waals surface area contributed by atoms with E-state index in [1.54, 1.807) is 7.05 Å². The molecule has 5 heteroatoms. The first kappa shape index (κ1) is 20.0. The number of aromatic amines is 1. The molecule has 0 fully saturated rings. The highest BCUT2D eigenvalue weighted by atomic mass is 16.5. The number of hydrogen-bond donors (Lipinski definition) is 3. The lowest BCUT2D eigenvalue weighted by atomic mass is 10.1. The van der Waals surface area contributed by atoms with Crippen LogP contribution in [0.25, 0.3) is 10.9 Å². The monoisotopic (exact) mass is 378 g/mol. The van der Waals surface area contributed by atoms with Crippen LogP contribution in [0.5, 0.6) is 0 Å². The fraction of sp³-hybridized carbons (Fsp3) is 0.348. The molecule has 0 bridgehead atoms. The topological polar surface area (TPSA) is 61.4 Å². The van der Waals surface area contributed by atoms with E-state index in [-0.39, 0.29) is 6.10 Å². The van der Waals surface area contributed by atoms with Gasteiger partial charge in [-0.25, -0.2) is 0 Å². The second kappa shape index (κ2) is 9.95. The average molecular weight is 379 g/mol. The summed E-state index contributed by atoms with van der Waals surface area (Å²) in [5.41, 5.74) is 4.90. The predicted octanol–water partition coefficient (Wildman–Crippen LogP) is 4.00. The van der Waals surface area contributed by atoms with E-state index in [9.17, 15) is 0 Å². The Labute approximate surface area is 167 Å². The Balaban J connectivity index is 1.48. The van der Waals surface area contributed by atoms with Gasteiger partial charge in [-0.2, -0.15) is 0 Å². The van der Waals surface area contributed by atoms with E-state index in [0.717, 1.165) is 25.5 Å². The van der Waals surface area contributed by atoms with Crippen molar-refractivity contribution < 1.29 is 4.74 Å². The molecule has 2 aromatic carbocycles.